The first-order valence-electron chi connectivity index (χ1n) is 10.5. The van der Waals surface area contributed by atoms with Crippen LogP contribution in [0.1, 0.15) is 33.6 Å². The Hall–Kier alpha value is -4.20. The van der Waals surface area contributed by atoms with Gasteiger partial charge >= 0.3 is 12.0 Å². The Balaban J connectivity index is 1.68. The molecule has 168 valence electrons. The quantitative estimate of drug-likeness (QED) is 0.584. The summed E-state index contributed by atoms with van der Waals surface area (Å²) in [7, 11) is 3.01. The summed E-state index contributed by atoms with van der Waals surface area (Å²) >= 11 is 0. The topological polar surface area (TPSA) is 107 Å². The second-order valence-electron chi connectivity index (χ2n) is 7.48. The number of urea groups is 1. The molecule has 8 heteroatoms. The van der Waals surface area contributed by atoms with E-state index in [1.807, 2.05) is 48.5 Å². The molecule has 0 fully saturated rings. The molecule has 0 saturated heterocycles. The molecule has 1 aliphatic rings. The lowest BCUT2D eigenvalue weighted by molar-refractivity contribution is -0.123. The molecule has 33 heavy (non-hydrogen) atoms. The molecule has 1 heterocycles. The average Bonchev–Trinajstić information content (AvgIpc) is 3.23. The van der Waals surface area contributed by atoms with Crippen molar-refractivity contribution in [1.29, 1.82) is 0 Å². The number of fused-ring (bicyclic) bond motifs is 2. The number of carbonyl (C=O) groups is 3. The second kappa shape index (κ2) is 9.52. The number of pyridine rings is 1. The van der Waals surface area contributed by atoms with E-state index in [2.05, 4.69) is 16.7 Å². The predicted octanol–water partition coefficient (Wildman–Crippen LogP) is 3.34. The van der Waals surface area contributed by atoms with Crippen LogP contribution >= 0.6 is 0 Å². The summed E-state index contributed by atoms with van der Waals surface area (Å²) in [4.78, 5) is 41.0. The normalized spacial score (nSPS) is 13.5. The molecule has 3 aromatic rings. The van der Waals surface area contributed by atoms with Crippen molar-refractivity contribution in [3.05, 3.63) is 70.9 Å². The molecule has 1 aliphatic carbocycles. The molecule has 0 atom stereocenters. The van der Waals surface area contributed by atoms with Crippen molar-refractivity contribution in [2.24, 2.45) is 0 Å². The monoisotopic (exact) mass is 445 g/mol. The minimum Gasteiger partial charge on any atom is -0.497 e. The fraction of sp³-hybridized carbons (Fsp3) is 0.200. The van der Waals surface area contributed by atoms with Gasteiger partial charge in [-0.15, -0.1) is 0 Å². The SMILES string of the molecule is CNC(=O)NC(=O)COC(=O)c1c2c(nc3ccccc13)C(=Cc1ccc(OC)cc1)CC2. The number of nitrogens with zero attached hydrogens (tertiary/aromatic N) is 1. The van der Waals surface area contributed by atoms with E-state index in [4.69, 9.17) is 14.5 Å². The summed E-state index contributed by atoms with van der Waals surface area (Å²) in [5.74, 6) is -0.557. The number of nitrogens with one attached hydrogen (secondary N) is 2. The third kappa shape index (κ3) is 4.69. The van der Waals surface area contributed by atoms with E-state index in [-0.39, 0.29) is 0 Å². The maximum absolute atomic E-state index is 13.0. The largest absolute Gasteiger partial charge is 0.497 e. The molecule has 0 radical (unpaired) electrons. The zero-order valence-corrected chi connectivity index (χ0v) is 18.3. The molecule has 0 unspecified atom stereocenters. The number of allylic oxidation sites excluding steroid dienone is 1. The lowest BCUT2D eigenvalue weighted by Gasteiger charge is -2.12. The van der Waals surface area contributed by atoms with Crippen LogP contribution in [-0.2, 0) is 16.0 Å². The number of hydrogen-bond donors (Lipinski definition) is 2. The molecule has 0 aliphatic heterocycles. The summed E-state index contributed by atoms with van der Waals surface area (Å²) in [5, 5.41) is 5.01. The highest BCUT2D eigenvalue weighted by atomic mass is 16.5. The van der Waals surface area contributed by atoms with Gasteiger partial charge in [-0.05, 0) is 53.8 Å². The molecule has 1 aromatic heterocycles. The maximum Gasteiger partial charge on any atom is 0.339 e. The fourth-order valence-electron chi connectivity index (χ4n) is 3.84. The van der Waals surface area contributed by atoms with Gasteiger partial charge in [0, 0.05) is 12.4 Å². The van der Waals surface area contributed by atoms with Crippen molar-refractivity contribution in [2.45, 2.75) is 12.8 Å². The van der Waals surface area contributed by atoms with Crippen LogP contribution in [0.4, 0.5) is 4.79 Å². The average molecular weight is 445 g/mol. The van der Waals surface area contributed by atoms with Crippen LogP contribution < -0.4 is 15.4 Å². The molecule has 2 N–H and O–H groups in total. The van der Waals surface area contributed by atoms with Crippen LogP contribution in [0.5, 0.6) is 5.75 Å². The standard InChI is InChI=1S/C25H23N3O5/c1-26-25(31)28-21(29)14-33-24(30)22-18-5-3-4-6-20(18)27-23-16(9-12-19(22)23)13-15-7-10-17(32-2)11-8-15/h3-8,10-11,13H,9,12,14H2,1-2H3,(H2,26,28,29,31). The zero-order chi connectivity index (χ0) is 23.4. The van der Waals surface area contributed by atoms with Crippen LogP contribution in [0.25, 0.3) is 22.6 Å². The van der Waals surface area contributed by atoms with Gasteiger partial charge < -0.3 is 14.8 Å². The minimum absolute atomic E-state index is 0.404. The number of carbonyl (C=O) groups excluding carboxylic acids is 3. The lowest BCUT2D eigenvalue weighted by Crippen LogP contribution is -2.39. The summed E-state index contributed by atoms with van der Waals surface area (Å²) in [6.07, 6.45) is 3.41. The number of esters is 1. The molecule has 8 nitrogen and oxygen atoms in total. The molecule has 3 amide bonds. The first-order chi connectivity index (χ1) is 16.0. The smallest absolute Gasteiger partial charge is 0.339 e. The van der Waals surface area contributed by atoms with Gasteiger partial charge in [0.1, 0.15) is 5.75 Å². The highest BCUT2D eigenvalue weighted by Crippen LogP contribution is 2.37. The second-order valence-corrected chi connectivity index (χ2v) is 7.48. The van der Waals surface area contributed by atoms with Gasteiger partial charge in [-0.25, -0.2) is 14.6 Å². The van der Waals surface area contributed by atoms with Crippen molar-refractivity contribution in [1.82, 2.24) is 15.6 Å². The van der Waals surface area contributed by atoms with Crippen LogP contribution in [0, 0.1) is 0 Å². The number of aromatic nitrogens is 1. The number of benzene rings is 2. The Morgan fingerprint density at radius 2 is 1.82 bits per heavy atom. The van der Waals surface area contributed by atoms with Crippen LogP contribution in [0.2, 0.25) is 0 Å². The minimum atomic E-state index is -0.710. The summed E-state index contributed by atoms with van der Waals surface area (Å²) < 4.78 is 10.5. The highest BCUT2D eigenvalue weighted by Gasteiger charge is 2.28. The number of ether oxygens (including phenoxy) is 2. The number of amides is 3. The van der Waals surface area contributed by atoms with Crippen LogP contribution in [0.3, 0.4) is 0 Å². The van der Waals surface area contributed by atoms with E-state index in [9.17, 15) is 14.4 Å². The Labute approximate surface area is 190 Å². The van der Waals surface area contributed by atoms with Gasteiger partial charge in [0.05, 0.1) is 23.9 Å². The highest BCUT2D eigenvalue weighted by molar-refractivity contribution is 6.08. The van der Waals surface area contributed by atoms with Gasteiger partial charge in [0.25, 0.3) is 5.91 Å². The van der Waals surface area contributed by atoms with Gasteiger partial charge in [-0.2, -0.15) is 0 Å². The Kier molecular flexibility index (Phi) is 6.35. The van der Waals surface area contributed by atoms with Crippen molar-refractivity contribution in [3.63, 3.8) is 0 Å². The number of para-hydroxylation sites is 1. The van der Waals surface area contributed by atoms with E-state index in [0.717, 1.165) is 34.6 Å². The van der Waals surface area contributed by atoms with Crippen molar-refractivity contribution in [2.75, 3.05) is 20.8 Å². The first kappa shape index (κ1) is 22.0. The summed E-state index contributed by atoms with van der Waals surface area (Å²) in [5.41, 5.74) is 4.65. The van der Waals surface area contributed by atoms with Gasteiger partial charge in [0.15, 0.2) is 6.61 Å². The first-order valence-corrected chi connectivity index (χ1v) is 10.5. The fourth-order valence-corrected chi connectivity index (χ4v) is 3.84. The number of rotatable bonds is 5. The predicted molar refractivity (Wildman–Crippen MR) is 124 cm³/mol. The Morgan fingerprint density at radius 3 is 2.55 bits per heavy atom. The summed E-state index contributed by atoms with van der Waals surface area (Å²) in [6, 6.07) is 14.4. The number of methoxy groups -OCH3 is 1. The Bertz CT molecular complexity index is 1270. The number of imide groups is 1. The Morgan fingerprint density at radius 1 is 1.06 bits per heavy atom. The molecule has 2 aromatic carbocycles. The van der Waals surface area contributed by atoms with Gasteiger partial charge in [-0.1, -0.05) is 30.3 Å². The van der Waals surface area contributed by atoms with Crippen LogP contribution in [-0.4, -0.2) is 43.7 Å². The molecular weight excluding hydrogens is 422 g/mol. The van der Waals surface area contributed by atoms with Gasteiger partial charge in [-0.3, -0.25) is 10.1 Å². The third-order valence-electron chi connectivity index (χ3n) is 5.42. The molecule has 0 saturated carbocycles. The summed E-state index contributed by atoms with van der Waals surface area (Å²) in [6.45, 7) is -0.563. The molecular formula is C25H23N3O5. The van der Waals surface area contributed by atoms with Crippen molar-refractivity contribution >= 4 is 40.5 Å². The lowest BCUT2D eigenvalue weighted by atomic mass is 10.0. The maximum atomic E-state index is 13.0. The van der Waals surface area contributed by atoms with E-state index >= 15 is 0 Å². The van der Waals surface area contributed by atoms with Crippen molar-refractivity contribution in [3.8, 4) is 5.75 Å². The number of hydrogen-bond acceptors (Lipinski definition) is 6. The van der Waals surface area contributed by atoms with E-state index in [1.54, 1.807) is 7.11 Å². The molecule has 0 spiro atoms. The molecule has 4 rings (SSSR count). The van der Waals surface area contributed by atoms with E-state index in [1.165, 1.54) is 7.05 Å². The zero-order valence-electron chi connectivity index (χ0n) is 18.3. The molecule has 0 bridgehead atoms. The van der Waals surface area contributed by atoms with Crippen molar-refractivity contribution < 1.29 is 23.9 Å². The van der Waals surface area contributed by atoms with E-state index < -0.39 is 24.5 Å². The van der Waals surface area contributed by atoms with E-state index in [0.29, 0.717) is 22.9 Å². The van der Waals surface area contributed by atoms with Crippen LogP contribution in [0.15, 0.2) is 48.5 Å². The van der Waals surface area contributed by atoms with Gasteiger partial charge in [0.2, 0.25) is 0 Å². The third-order valence-corrected chi connectivity index (χ3v) is 5.42.